The minimum absolute atomic E-state index is 0.251. The largest absolute Gasteiger partial charge is 0.508 e. The van der Waals surface area contributed by atoms with Gasteiger partial charge in [0.2, 0.25) is 0 Å². The van der Waals surface area contributed by atoms with Crippen LogP contribution in [0.2, 0.25) is 0 Å². The second-order valence-electron chi connectivity index (χ2n) is 4.45. The van der Waals surface area contributed by atoms with E-state index in [4.69, 9.17) is 5.73 Å². The lowest BCUT2D eigenvalue weighted by molar-refractivity contribution is 0.474. The van der Waals surface area contributed by atoms with E-state index in [1.54, 1.807) is 12.1 Å². The van der Waals surface area contributed by atoms with Crippen molar-refractivity contribution in [1.29, 1.82) is 0 Å². The summed E-state index contributed by atoms with van der Waals surface area (Å²) in [7, 11) is 0. The number of nitrogens with two attached hydrogens (primary N) is 1. The zero-order valence-electron chi connectivity index (χ0n) is 9.56. The molecule has 17 heavy (non-hydrogen) atoms. The molecule has 0 aliphatic heterocycles. The fourth-order valence-corrected chi connectivity index (χ4v) is 2.47. The molecule has 0 bridgehead atoms. The maximum atomic E-state index is 9.51. The second-order valence-corrected chi connectivity index (χ2v) is 4.45. The van der Waals surface area contributed by atoms with Crippen LogP contribution in [-0.2, 0) is 12.8 Å². The number of aromatic hydroxyl groups is 1. The number of aromatic nitrogens is 2. The molecular formula is C13H15N3O. The summed E-state index contributed by atoms with van der Waals surface area (Å²) in [5.74, 6) is 0.879. The fraction of sp³-hybridized carbons (Fsp3) is 0.308. The molecule has 3 rings (SSSR count). The Morgan fingerprint density at radius 1 is 1.24 bits per heavy atom. The Morgan fingerprint density at radius 2 is 2.06 bits per heavy atom. The normalized spacial score (nSPS) is 14.6. The van der Waals surface area contributed by atoms with Crippen molar-refractivity contribution in [3.8, 4) is 11.4 Å². The topological polar surface area (TPSA) is 64.1 Å². The molecule has 1 aromatic heterocycles. The van der Waals surface area contributed by atoms with Crippen molar-refractivity contribution in [3.05, 3.63) is 35.5 Å². The molecule has 88 valence electrons. The molecule has 2 aromatic rings. The van der Waals surface area contributed by atoms with Crippen LogP contribution in [0.25, 0.3) is 5.69 Å². The summed E-state index contributed by atoms with van der Waals surface area (Å²) in [4.78, 5) is 0. The van der Waals surface area contributed by atoms with E-state index in [1.807, 2.05) is 16.8 Å². The monoisotopic (exact) mass is 229 g/mol. The van der Waals surface area contributed by atoms with Crippen molar-refractivity contribution in [3.63, 3.8) is 0 Å². The molecule has 0 saturated heterocycles. The molecule has 1 aliphatic rings. The molecule has 0 amide bonds. The van der Waals surface area contributed by atoms with Gasteiger partial charge in [0.25, 0.3) is 0 Å². The van der Waals surface area contributed by atoms with Crippen molar-refractivity contribution in [2.24, 2.45) is 0 Å². The van der Waals surface area contributed by atoms with Gasteiger partial charge < -0.3 is 10.8 Å². The Kier molecular flexibility index (Phi) is 2.28. The minimum Gasteiger partial charge on any atom is -0.508 e. The van der Waals surface area contributed by atoms with Crippen LogP contribution in [0.5, 0.6) is 5.75 Å². The van der Waals surface area contributed by atoms with E-state index in [1.165, 1.54) is 24.1 Å². The predicted molar refractivity (Wildman–Crippen MR) is 66.3 cm³/mol. The average molecular weight is 229 g/mol. The summed E-state index contributed by atoms with van der Waals surface area (Å²) < 4.78 is 1.86. The first kappa shape index (κ1) is 10.2. The van der Waals surface area contributed by atoms with Gasteiger partial charge in [-0.3, -0.25) is 0 Å². The van der Waals surface area contributed by atoms with Crippen LogP contribution in [-0.4, -0.2) is 14.9 Å². The van der Waals surface area contributed by atoms with Gasteiger partial charge in [-0.15, -0.1) is 0 Å². The van der Waals surface area contributed by atoms with Crippen molar-refractivity contribution < 1.29 is 5.11 Å². The molecule has 1 heterocycles. The van der Waals surface area contributed by atoms with Crippen LogP contribution < -0.4 is 5.73 Å². The third-order valence-corrected chi connectivity index (χ3v) is 3.29. The van der Waals surface area contributed by atoms with Crippen LogP contribution in [0, 0.1) is 0 Å². The van der Waals surface area contributed by atoms with Gasteiger partial charge in [0.15, 0.2) is 0 Å². The molecule has 1 aromatic carbocycles. The molecule has 0 spiro atoms. The lowest BCUT2D eigenvalue weighted by atomic mass is 9.97. The molecule has 1 aliphatic carbocycles. The smallest absolute Gasteiger partial charge is 0.149 e. The van der Waals surface area contributed by atoms with Crippen LogP contribution in [0.15, 0.2) is 24.3 Å². The number of anilines is 1. The molecular weight excluding hydrogens is 214 g/mol. The first-order valence-electron chi connectivity index (χ1n) is 5.91. The highest BCUT2D eigenvalue weighted by molar-refractivity contribution is 5.49. The average Bonchev–Trinajstić information content (AvgIpc) is 2.68. The van der Waals surface area contributed by atoms with Gasteiger partial charge >= 0.3 is 0 Å². The molecule has 0 saturated carbocycles. The Hall–Kier alpha value is -1.97. The van der Waals surface area contributed by atoms with E-state index in [0.29, 0.717) is 5.82 Å². The van der Waals surface area contributed by atoms with E-state index in [2.05, 4.69) is 5.10 Å². The Morgan fingerprint density at radius 3 is 2.88 bits per heavy atom. The Bertz CT molecular complexity index is 560. The van der Waals surface area contributed by atoms with Crippen molar-refractivity contribution in [1.82, 2.24) is 9.78 Å². The first-order valence-corrected chi connectivity index (χ1v) is 5.91. The molecule has 0 fully saturated rings. The van der Waals surface area contributed by atoms with Crippen molar-refractivity contribution in [2.45, 2.75) is 25.7 Å². The number of hydrogen-bond acceptors (Lipinski definition) is 3. The number of phenols is 1. The molecule has 4 nitrogen and oxygen atoms in total. The van der Waals surface area contributed by atoms with Crippen molar-refractivity contribution in [2.75, 3.05) is 5.73 Å². The quantitative estimate of drug-likeness (QED) is 0.786. The highest BCUT2D eigenvalue weighted by Crippen LogP contribution is 2.28. The molecule has 0 radical (unpaired) electrons. The summed E-state index contributed by atoms with van der Waals surface area (Å²) in [6.07, 6.45) is 4.38. The number of benzene rings is 1. The minimum atomic E-state index is 0.251. The summed E-state index contributed by atoms with van der Waals surface area (Å²) in [6, 6.07) is 7.11. The molecule has 3 N–H and O–H groups in total. The molecule has 0 atom stereocenters. The number of nitrogens with zero attached hydrogens (tertiary/aromatic N) is 2. The standard InChI is InChI=1S/C13H15N3O/c14-13-11-6-1-2-7-12(11)16(15-13)9-4-3-5-10(17)8-9/h3-5,8,17H,1-2,6-7H2,(H2,14,15). The highest BCUT2D eigenvalue weighted by atomic mass is 16.3. The van der Waals surface area contributed by atoms with Crippen LogP contribution in [0.3, 0.4) is 0 Å². The summed E-state index contributed by atoms with van der Waals surface area (Å²) in [5.41, 5.74) is 9.19. The summed E-state index contributed by atoms with van der Waals surface area (Å²) in [5, 5.41) is 13.9. The van der Waals surface area contributed by atoms with E-state index in [-0.39, 0.29) is 5.75 Å². The van der Waals surface area contributed by atoms with E-state index in [9.17, 15) is 5.11 Å². The van der Waals surface area contributed by atoms with Gasteiger partial charge in [0.1, 0.15) is 11.6 Å². The van der Waals surface area contributed by atoms with Gasteiger partial charge in [0.05, 0.1) is 5.69 Å². The van der Waals surface area contributed by atoms with Crippen LogP contribution in [0.1, 0.15) is 24.1 Å². The van der Waals surface area contributed by atoms with Crippen molar-refractivity contribution >= 4 is 5.82 Å². The molecule has 4 heteroatoms. The first-order chi connectivity index (χ1) is 8.25. The number of hydrogen-bond donors (Lipinski definition) is 2. The van der Waals surface area contributed by atoms with E-state index >= 15 is 0 Å². The predicted octanol–water partition coefficient (Wildman–Crippen LogP) is 2.04. The van der Waals surface area contributed by atoms with Gasteiger partial charge in [-0.25, -0.2) is 4.68 Å². The van der Waals surface area contributed by atoms with E-state index in [0.717, 1.165) is 18.5 Å². The Labute approximate surface area is 99.7 Å². The van der Waals surface area contributed by atoms with Gasteiger partial charge in [0, 0.05) is 17.3 Å². The number of phenolic OH excluding ortho intramolecular Hbond substituents is 1. The number of fused-ring (bicyclic) bond motifs is 1. The van der Waals surface area contributed by atoms with Gasteiger partial charge in [-0.2, -0.15) is 5.10 Å². The third-order valence-electron chi connectivity index (χ3n) is 3.29. The summed E-state index contributed by atoms with van der Waals surface area (Å²) in [6.45, 7) is 0. The number of rotatable bonds is 1. The van der Waals surface area contributed by atoms with Crippen LogP contribution in [0.4, 0.5) is 5.82 Å². The lowest BCUT2D eigenvalue weighted by Crippen LogP contribution is -2.07. The van der Waals surface area contributed by atoms with Gasteiger partial charge in [-0.1, -0.05) is 6.07 Å². The maximum Gasteiger partial charge on any atom is 0.149 e. The second kappa shape index (κ2) is 3.80. The van der Waals surface area contributed by atoms with Gasteiger partial charge in [-0.05, 0) is 37.8 Å². The summed E-state index contributed by atoms with van der Waals surface area (Å²) >= 11 is 0. The van der Waals surface area contributed by atoms with Crippen LogP contribution >= 0.6 is 0 Å². The lowest BCUT2D eigenvalue weighted by Gasteiger charge is -2.13. The third kappa shape index (κ3) is 1.65. The molecule has 0 unspecified atom stereocenters. The number of nitrogen functional groups attached to an aromatic ring is 1. The SMILES string of the molecule is Nc1nn(-c2cccc(O)c2)c2c1CCCC2. The Balaban J connectivity index is 2.15. The zero-order valence-corrected chi connectivity index (χ0v) is 9.56. The highest BCUT2D eigenvalue weighted by Gasteiger charge is 2.19. The maximum absolute atomic E-state index is 9.51. The fourth-order valence-electron chi connectivity index (χ4n) is 2.47. The van der Waals surface area contributed by atoms with E-state index < -0.39 is 0 Å². The zero-order chi connectivity index (χ0) is 11.8.